The quantitative estimate of drug-likeness (QED) is 0.461. The lowest BCUT2D eigenvalue weighted by atomic mass is 10.0. The Balaban J connectivity index is 1.87. The summed E-state index contributed by atoms with van der Waals surface area (Å²) in [5.74, 6) is -0.555. The van der Waals surface area contributed by atoms with E-state index in [1.807, 2.05) is 6.92 Å². The number of carboxylic acids is 1. The van der Waals surface area contributed by atoms with Crippen LogP contribution in [0.5, 0.6) is 0 Å². The maximum Gasteiger partial charge on any atom is 0.303 e. The van der Waals surface area contributed by atoms with Gasteiger partial charge in [0, 0.05) is 24.1 Å². The van der Waals surface area contributed by atoms with Crippen LogP contribution in [0.4, 0.5) is 8.78 Å². The minimum Gasteiger partial charge on any atom is -0.481 e. The van der Waals surface area contributed by atoms with E-state index in [0.29, 0.717) is 6.42 Å². The van der Waals surface area contributed by atoms with Crippen LogP contribution in [0.15, 0.2) is 48.5 Å². The van der Waals surface area contributed by atoms with Gasteiger partial charge in [0.05, 0.1) is 11.4 Å². The molecule has 6 heteroatoms. The van der Waals surface area contributed by atoms with E-state index in [9.17, 15) is 13.6 Å². The predicted octanol–water partition coefficient (Wildman–Crippen LogP) is 5.84. The molecule has 4 nitrogen and oxygen atoms in total. The molecule has 29 heavy (non-hydrogen) atoms. The van der Waals surface area contributed by atoms with Crippen molar-refractivity contribution in [2.24, 2.45) is 0 Å². The normalized spacial score (nSPS) is 11.0. The standard InChI is InChI=1S/C23H24F2N2O2/c1-16-26-22(17-7-11-19(24)12-8-17)23(18-9-13-20(25)14-10-18)27(16)15-5-3-2-4-6-21(28)29/h7-14H,2-6,15H2,1H3,(H,28,29). The monoisotopic (exact) mass is 398 g/mol. The van der Waals surface area contributed by atoms with Crippen LogP contribution in [0.2, 0.25) is 0 Å². The van der Waals surface area contributed by atoms with Gasteiger partial charge in [-0.2, -0.15) is 0 Å². The molecule has 1 heterocycles. The number of hydrogen-bond donors (Lipinski definition) is 1. The van der Waals surface area contributed by atoms with Gasteiger partial charge in [0.2, 0.25) is 0 Å². The van der Waals surface area contributed by atoms with Gasteiger partial charge in [-0.3, -0.25) is 4.79 Å². The summed E-state index contributed by atoms with van der Waals surface area (Å²) in [6.45, 7) is 2.64. The van der Waals surface area contributed by atoms with Crippen molar-refractivity contribution in [1.29, 1.82) is 0 Å². The van der Waals surface area contributed by atoms with E-state index >= 15 is 0 Å². The molecule has 0 amide bonds. The van der Waals surface area contributed by atoms with Gasteiger partial charge < -0.3 is 9.67 Å². The predicted molar refractivity (Wildman–Crippen MR) is 108 cm³/mol. The first-order chi connectivity index (χ1) is 14.0. The lowest BCUT2D eigenvalue weighted by molar-refractivity contribution is -0.137. The number of carboxylic acid groups (broad SMARTS) is 1. The fourth-order valence-corrected chi connectivity index (χ4v) is 3.45. The van der Waals surface area contributed by atoms with Gasteiger partial charge in [-0.05, 0) is 68.3 Å². The number of benzene rings is 2. The maximum atomic E-state index is 13.4. The highest BCUT2D eigenvalue weighted by Gasteiger charge is 2.18. The molecule has 0 aliphatic rings. The summed E-state index contributed by atoms with van der Waals surface area (Å²) < 4.78 is 28.9. The van der Waals surface area contributed by atoms with E-state index in [4.69, 9.17) is 10.1 Å². The Morgan fingerprint density at radius 1 is 0.897 bits per heavy atom. The Hall–Kier alpha value is -3.02. The molecule has 0 unspecified atom stereocenters. The Kier molecular flexibility index (Phi) is 6.75. The van der Waals surface area contributed by atoms with Gasteiger partial charge in [0.1, 0.15) is 17.5 Å². The number of aromatic nitrogens is 2. The molecule has 3 rings (SSSR count). The van der Waals surface area contributed by atoms with Crippen LogP contribution in [0.1, 0.15) is 37.9 Å². The van der Waals surface area contributed by atoms with Crippen LogP contribution >= 0.6 is 0 Å². The second kappa shape index (κ2) is 9.45. The zero-order valence-electron chi connectivity index (χ0n) is 16.4. The fourth-order valence-electron chi connectivity index (χ4n) is 3.45. The molecule has 1 aromatic heterocycles. The van der Waals surface area contributed by atoms with Gasteiger partial charge in [-0.25, -0.2) is 13.8 Å². The third kappa shape index (κ3) is 5.28. The number of halogens is 2. The first-order valence-electron chi connectivity index (χ1n) is 9.76. The summed E-state index contributed by atoms with van der Waals surface area (Å²) in [5, 5.41) is 8.73. The summed E-state index contributed by atoms with van der Waals surface area (Å²) in [6.07, 6.45) is 3.52. The summed E-state index contributed by atoms with van der Waals surface area (Å²) in [6, 6.07) is 12.5. The average Bonchev–Trinajstić information content (AvgIpc) is 3.02. The lowest BCUT2D eigenvalue weighted by Crippen LogP contribution is -2.03. The van der Waals surface area contributed by atoms with Crippen molar-refractivity contribution in [2.45, 2.75) is 45.6 Å². The Morgan fingerprint density at radius 2 is 1.45 bits per heavy atom. The van der Waals surface area contributed by atoms with E-state index < -0.39 is 5.97 Å². The molecule has 3 aromatic rings. The maximum absolute atomic E-state index is 13.4. The Bertz CT molecular complexity index is 964. The molecular weight excluding hydrogens is 374 g/mol. The minimum atomic E-state index is -0.766. The fraction of sp³-hybridized carbons (Fsp3) is 0.304. The van der Waals surface area contributed by atoms with Crippen molar-refractivity contribution in [3.8, 4) is 22.5 Å². The highest BCUT2D eigenvalue weighted by atomic mass is 19.1. The second-order valence-corrected chi connectivity index (χ2v) is 7.08. The van der Waals surface area contributed by atoms with E-state index in [0.717, 1.165) is 54.1 Å². The van der Waals surface area contributed by atoms with Gasteiger partial charge in [0.15, 0.2) is 0 Å². The van der Waals surface area contributed by atoms with E-state index in [2.05, 4.69) is 4.57 Å². The van der Waals surface area contributed by atoms with Crippen LogP contribution in [0.25, 0.3) is 22.5 Å². The van der Waals surface area contributed by atoms with Crippen LogP contribution in [0.3, 0.4) is 0 Å². The van der Waals surface area contributed by atoms with Gasteiger partial charge in [-0.1, -0.05) is 12.8 Å². The van der Waals surface area contributed by atoms with Crippen molar-refractivity contribution in [2.75, 3.05) is 0 Å². The minimum absolute atomic E-state index is 0.194. The van der Waals surface area contributed by atoms with Gasteiger partial charge in [0.25, 0.3) is 0 Å². The molecule has 0 fully saturated rings. The number of unbranched alkanes of at least 4 members (excludes halogenated alkanes) is 3. The Morgan fingerprint density at radius 3 is 2.03 bits per heavy atom. The van der Waals surface area contributed by atoms with Crippen LogP contribution in [-0.2, 0) is 11.3 Å². The zero-order chi connectivity index (χ0) is 20.8. The first kappa shape index (κ1) is 20.7. The summed E-state index contributed by atoms with van der Waals surface area (Å²) in [5.41, 5.74) is 3.26. The average molecular weight is 398 g/mol. The van der Waals surface area contributed by atoms with Crippen molar-refractivity contribution < 1.29 is 18.7 Å². The van der Waals surface area contributed by atoms with E-state index in [1.54, 1.807) is 24.3 Å². The number of nitrogens with zero attached hydrogens (tertiary/aromatic N) is 2. The van der Waals surface area contributed by atoms with Crippen molar-refractivity contribution in [3.63, 3.8) is 0 Å². The highest BCUT2D eigenvalue weighted by Crippen LogP contribution is 2.33. The summed E-state index contributed by atoms with van der Waals surface area (Å²) in [4.78, 5) is 15.3. The molecule has 0 spiro atoms. The molecule has 0 aliphatic carbocycles. The van der Waals surface area contributed by atoms with Crippen molar-refractivity contribution >= 4 is 5.97 Å². The topological polar surface area (TPSA) is 55.1 Å². The molecule has 0 aliphatic heterocycles. The SMILES string of the molecule is Cc1nc(-c2ccc(F)cc2)c(-c2ccc(F)cc2)n1CCCCCCC(=O)O. The molecule has 2 aromatic carbocycles. The lowest BCUT2D eigenvalue weighted by Gasteiger charge is -2.12. The molecule has 0 radical (unpaired) electrons. The summed E-state index contributed by atoms with van der Waals surface area (Å²) in [7, 11) is 0. The van der Waals surface area contributed by atoms with Crippen molar-refractivity contribution in [3.05, 3.63) is 66.0 Å². The number of rotatable bonds is 9. The molecule has 0 atom stereocenters. The molecule has 0 bridgehead atoms. The number of aliphatic carboxylic acids is 1. The van der Waals surface area contributed by atoms with Crippen LogP contribution in [-0.4, -0.2) is 20.6 Å². The van der Waals surface area contributed by atoms with Crippen molar-refractivity contribution in [1.82, 2.24) is 9.55 Å². The molecule has 0 saturated carbocycles. The van der Waals surface area contributed by atoms with Gasteiger partial charge in [-0.15, -0.1) is 0 Å². The van der Waals surface area contributed by atoms with Crippen LogP contribution in [0, 0.1) is 18.6 Å². The van der Waals surface area contributed by atoms with E-state index in [1.165, 1.54) is 24.3 Å². The second-order valence-electron chi connectivity index (χ2n) is 7.08. The number of hydrogen-bond acceptors (Lipinski definition) is 2. The highest BCUT2D eigenvalue weighted by molar-refractivity contribution is 5.79. The van der Waals surface area contributed by atoms with Gasteiger partial charge >= 0.3 is 5.97 Å². The number of carbonyl (C=O) groups is 1. The summed E-state index contributed by atoms with van der Waals surface area (Å²) >= 11 is 0. The largest absolute Gasteiger partial charge is 0.481 e. The molecular formula is C23H24F2N2O2. The molecule has 152 valence electrons. The first-order valence-corrected chi connectivity index (χ1v) is 9.76. The number of aryl methyl sites for hydroxylation is 1. The third-order valence-electron chi connectivity index (χ3n) is 4.92. The Labute approximate surface area is 168 Å². The smallest absolute Gasteiger partial charge is 0.303 e. The zero-order valence-corrected chi connectivity index (χ0v) is 16.4. The van der Waals surface area contributed by atoms with E-state index in [-0.39, 0.29) is 18.1 Å². The molecule has 1 N–H and O–H groups in total. The van der Waals surface area contributed by atoms with Crippen LogP contribution < -0.4 is 0 Å². The third-order valence-corrected chi connectivity index (χ3v) is 4.92. The molecule has 0 saturated heterocycles. The number of imidazole rings is 1.